The number of aliphatic imine (C=N–C) groups is 1. The second-order valence-electron chi connectivity index (χ2n) is 5.71. The number of aryl methyl sites for hydroxylation is 1. The van der Waals surface area contributed by atoms with Crippen LogP contribution in [0.15, 0.2) is 23.2 Å². The maximum Gasteiger partial charge on any atom is 0.191 e. The van der Waals surface area contributed by atoms with Crippen LogP contribution in [0.4, 0.5) is 4.39 Å². The van der Waals surface area contributed by atoms with Crippen LogP contribution in [0, 0.1) is 12.7 Å². The van der Waals surface area contributed by atoms with Crippen molar-refractivity contribution < 1.29 is 9.50 Å². The molecule has 1 aromatic rings. The molecule has 1 aliphatic rings. The molecule has 0 spiro atoms. The fourth-order valence-corrected chi connectivity index (χ4v) is 2.26. The summed E-state index contributed by atoms with van der Waals surface area (Å²) in [6, 6.07) is 5.16. The van der Waals surface area contributed by atoms with E-state index in [-0.39, 0.29) is 5.82 Å². The molecule has 1 saturated carbocycles. The zero-order valence-electron chi connectivity index (χ0n) is 12.7. The van der Waals surface area contributed by atoms with Crippen LogP contribution in [-0.2, 0) is 6.54 Å². The lowest BCUT2D eigenvalue weighted by atomic mass is 9.80. The number of hydrogen-bond acceptors (Lipinski definition) is 2. The molecule has 1 aliphatic carbocycles. The first-order valence-corrected chi connectivity index (χ1v) is 7.52. The smallest absolute Gasteiger partial charge is 0.191 e. The Morgan fingerprint density at radius 1 is 1.38 bits per heavy atom. The molecule has 0 unspecified atom stereocenters. The summed E-state index contributed by atoms with van der Waals surface area (Å²) in [4.78, 5) is 4.43. The van der Waals surface area contributed by atoms with Crippen LogP contribution >= 0.6 is 0 Å². The molecule has 0 heterocycles. The summed E-state index contributed by atoms with van der Waals surface area (Å²) < 4.78 is 13.5. The zero-order chi connectivity index (χ0) is 15.3. The summed E-state index contributed by atoms with van der Waals surface area (Å²) >= 11 is 0. The Labute approximate surface area is 125 Å². The number of halogens is 1. The normalized spacial score (nSPS) is 17.2. The molecule has 3 N–H and O–H groups in total. The van der Waals surface area contributed by atoms with Crippen LogP contribution in [0.2, 0.25) is 0 Å². The van der Waals surface area contributed by atoms with Crippen molar-refractivity contribution in [3.05, 3.63) is 35.1 Å². The minimum Gasteiger partial charge on any atom is -0.388 e. The molecular weight excluding hydrogens is 269 g/mol. The summed E-state index contributed by atoms with van der Waals surface area (Å²) in [6.07, 6.45) is 2.75. The molecule has 21 heavy (non-hydrogen) atoms. The molecule has 2 rings (SSSR count). The largest absolute Gasteiger partial charge is 0.388 e. The molecule has 1 fully saturated rings. The second-order valence-corrected chi connectivity index (χ2v) is 5.71. The van der Waals surface area contributed by atoms with Gasteiger partial charge in [0.1, 0.15) is 5.82 Å². The highest BCUT2D eigenvalue weighted by Gasteiger charge is 2.34. The Balaban J connectivity index is 1.94. The Morgan fingerprint density at radius 3 is 2.71 bits per heavy atom. The van der Waals surface area contributed by atoms with Gasteiger partial charge < -0.3 is 15.7 Å². The van der Waals surface area contributed by atoms with Crippen LogP contribution in [0.3, 0.4) is 0 Å². The van der Waals surface area contributed by atoms with Crippen molar-refractivity contribution in [3.8, 4) is 0 Å². The van der Waals surface area contributed by atoms with Crippen molar-refractivity contribution in [1.29, 1.82) is 0 Å². The van der Waals surface area contributed by atoms with E-state index in [0.717, 1.165) is 31.4 Å². The molecular formula is C16H24FN3O. The molecule has 0 saturated heterocycles. The molecule has 5 heteroatoms. The lowest BCUT2D eigenvalue weighted by molar-refractivity contribution is -0.0279. The highest BCUT2D eigenvalue weighted by atomic mass is 19.1. The summed E-state index contributed by atoms with van der Waals surface area (Å²) in [6.45, 7) is 5.38. The molecule has 0 aliphatic heterocycles. The topological polar surface area (TPSA) is 56.7 Å². The van der Waals surface area contributed by atoms with Gasteiger partial charge in [0, 0.05) is 13.1 Å². The van der Waals surface area contributed by atoms with Crippen LogP contribution in [0.1, 0.15) is 37.3 Å². The Hall–Kier alpha value is -1.62. The Morgan fingerprint density at radius 2 is 2.14 bits per heavy atom. The Bertz CT molecular complexity index is 512. The first-order chi connectivity index (χ1) is 10.0. The SMILES string of the molecule is CCNC(=NCc1ccc(C)c(F)c1)NCC1(O)CCC1. The first-order valence-electron chi connectivity index (χ1n) is 7.52. The third-order valence-corrected chi connectivity index (χ3v) is 3.87. The van der Waals surface area contributed by atoms with Crippen LogP contribution in [0.5, 0.6) is 0 Å². The van der Waals surface area contributed by atoms with E-state index >= 15 is 0 Å². The number of hydrogen-bond donors (Lipinski definition) is 3. The van der Waals surface area contributed by atoms with Gasteiger partial charge in [-0.2, -0.15) is 0 Å². The van der Waals surface area contributed by atoms with Crippen molar-refractivity contribution in [2.24, 2.45) is 4.99 Å². The molecule has 4 nitrogen and oxygen atoms in total. The van der Waals surface area contributed by atoms with Crippen LogP contribution in [0.25, 0.3) is 0 Å². The van der Waals surface area contributed by atoms with E-state index in [2.05, 4.69) is 15.6 Å². The lowest BCUT2D eigenvalue weighted by Crippen LogP contribution is -2.50. The maximum absolute atomic E-state index is 13.5. The standard InChI is InChI=1S/C16H24FN3O/c1-3-18-15(20-11-16(21)7-4-8-16)19-10-13-6-5-12(2)14(17)9-13/h5-6,9,21H,3-4,7-8,10-11H2,1-2H3,(H2,18,19,20). The van der Waals surface area contributed by atoms with Gasteiger partial charge in [-0.25, -0.2) is 9.38 Å². The third kappa shape index (κ3) is 4.43. The van der Waals surface area contributed by atoms with E-state index in [4.69, 9.17) is 0 Å². The fraction of sp³-hybridized carbons (Fsp3) is 0.562. The van der Waals surface area contributed by atoms with E-state index in [1.807, 2.05) is 13.0 Å². The van der Waals surface area contributed by atoms with E-state index in [1.165, 1.54) is 6.07 Å². The van der Waals surface area contributed by atoms with Gasteiger partial charge in [0.05, 0.1) is 12.1 Å². The second kappa shape index (κ2) is 6.89. The molecule has 0 radical (unpaired) electrons. The van der Waals surface area contributed by atoms with Gasteiger partial charge >= 0.3 is 0 Å². The summed E-state index contributed by atoms with van der Waals surface area (Å²) in [5.74, 6) is 0.447. The number of nitrogens with one attached hydrogen (secondary N) is 2. The molecule has 0 bridgehead atoms. The maximum atomic E-state index is 13.5. The molecule has 1 aromatic carbocycles. The van der Waals surface area contributed by atoms with Crippen molar-refractivity contribution in [1.82, 2.24) is 10.6 Å². The molecule has 0 atom stereocenters. The average molecular weight is 293 g/mol. The minimum absolute atomic E-state index is 0.204. The van der Waals surface area contributed by atoms with Gasteiger partial charge in [-0.1, -0.05) is 12.1 Å². The molecule has 116 valence electrons. The highest BCUT2D eigenvalue weighted by Crippen LogP contribution is 2.30. The average Bonchev–Trinajstić information content (AvgIpc) is 2.43. The third-order valence-electron chi connectivity index (χ3n) is 3.87. The summed E-state index contributed by atoms with van der Waals surface area (Å²) in [5, 5.41) is 16.4. The first kappa shape index (κ1) is 15.8. The predicted octanol–water partition coefficient (Wildman–Crippen LogP) is 2.10. The van der Waals surface area contributed by atoms with E-state index < -0.39 is 5.60 Å². The van der Waals surface area contributed by atoms with E-state index in [0.29, 0.717) is 24.6 Å². The van der Waals surface area contributed by atoms with Gasteiger partial charge in [0.2, 0.25) is 0 Å². The van der Waals surface area contributed by atoms with E-state index in [1.54, 1.807) is 13.0 Å². The Kier molecular flexibility index (Phi) is 5.17. The number of benzene rings is 1. The van der Waals surface area contributed by atoms with E-state index in [9.17, 15) is 9.50 Å². The monoisotopic (exact) mass is 293 g/mol. The van der Waals surface area contributed by atoms with Gasteiger partial charge in [0.15, 0.2) is 5.96 Å². The quantitative estimate of drug-likeness (QED) is 0.575. The van der Waals surface area contributed by atoms with Gasteiger partial charge in [-0.3, -0.25) is 0 Å². The van der Waals surface area contributed by atoms with Crippen LogP contribution < -0.4 is 10.6 Å². The van der Waals surface area contributed by atoms with Crippen molar-refractivity contribution in [3.63, 3.8) is 0 Å². The van der Waals surface area contributed by atoms with Gasteiger partial charge in [-0.15, -0.1) is 0 Å². The summed E-state index contributed by atoms with van der Waals surface area (Å²) in [7, 11) is 0. The summed E-state index contributed by atoms with van der Waals surface area (Å²) in [5.41, 5.74) is 0.879. The van der Waals surface area contributed by atoms with Gasteiger partial charge in [-0.05, 0) is 50.3 Å². The molecule has 0 aromatic heterocycles. The fourth-order valence-electron chi connectivity index (χ4n) is 2.26. The number of aliphatic hydroxyl groups is 1. The van der Waals surface area contributed by atoms with Gasteiger partial charge in [0.25, 0.3) is 0 Å². The van der Waals surface area contributed by atoms with Crippen molar-refractivity contribution >= 4 is 5.96 Å². The number of rotatable bonds is 5. The zero-order valence-corrected chi connectivity index (χ0v) is 12.7. The molecule has 0 amide bonds. The van der Waals surface area contributed by atoms with Crippen molar-refractivity contribution in [2.45, 2.75) is 45.3 Å². The van der Waals surface area contributed by atoms with Crippen molar-refractivity contribution in [2.75, 3.05) is 13.1 Å². The lowest BCUT2D eigenvalue weighted by Gasteiger charge is -2.37. The highest BCUT2D eigenvalue weighted by molar-refractivity contribution is 5.79. The number of nitrogens with zero attached hydrogens (tertiary/aromatic N) is 1. The minimum atomic E-state index is -0.591. The van der Waals surface area contributed by atoms with Crippen LogP contribution in [-0.4, -0.2) is 29.8 Å². The predicted molar refractivity (Wildman–Crippen MR) is 82.8 cm³/mol. The number of guanidine groups is 1.